The van der Waals surface area contributed by atoms with Gasteiger partial charge in [0.15, 0.2) is 0 Å². The molecular formula is C17H26N4O2S. The summed E-state index contributed by atoms with van der Waals surface area (Å²) in [6.07, 6.45) is 4.70. The van der Waals surface area contributed by atoms with Gasteiger partial charge in [0, 0.05) is 36.7 Å². The van der Waals surface area contributed by atoms with Gasteiger partial charge in [0.25, 0.3) is 0 Å². The summed E-state index contributed by atoms with van der Waals surface area (Å²) in [5.74, 6) is -0.00975. The number of benzene rings is 1. The van der Waals surface area contributed by atoms with E-state index in [1.807, 2.05) is 30.7 Å². The lowest BCUT2D eigenvalue weighted by Gasteiger charge is -2.13. The van der Waals surface area contributed by atoms with Gasteiger partial charge in [-0.3, -0.25) is 4.99 Å². The Morgan fingerprint density at radius 1 is 1.29 bits per heavy atom. The van der Waals surface area contributed by atoms with Crippen LogP contribution in [0.15, 0.2) is 29.4 Å². The number of nitrogens with one attached hydrogen (secondary N) is 2. The van der Waals surface area contributed by atoms with Gasteiger partial charge in [-0.1, -0.05) is 6.07 Å². The molecule has 6 nitrogen and oxygen atoms in total. The Hall–Kier alpha value is -1.86. The summed E-state index contributed by atoms with van der Waals surface area (Å²) in [5.41, 5.74) is 2.96. The van der Waals surface area contributed by atoms with Crippen molar-refractivity contribution in [2.75, 3.05) is 26.7 Å². The smallest absolute Gasteiger partial charge is 0.215 e. The van der Waals surface area contributed by atoms with E-state index < -0.39 is 10.0 Å². The lowest BCUT2D eigenvalue weighted by molar-refractivity contribution is 0.478. The second-order valence-electron chi connectivity index (χ2n) is 5.65. The highest BCUT2D eigenvalue weighted by molar-refractivity contribution is 7.88. The first-order chi connectivity index (χ1) is 11.5. The number of hydrogen-bond donors (Lipinski definition) is 2. The highest BCUT2D eigenvalue weighted by Crippen LogP contribution is 2.21. The predicted octanol–water partition coefficient (Wildman–Crippen LogP) is 2.13. The molecule has 0 saturated carbocycles. The van der Waals surface area contributed by atoms with Gasteiger partial charge in [-0.2, -0.15) is 0 Å². The van der Waals surface area contributed by atoms with Gasteiger partial charge in [-0.05, 0) is 50.6 Å². The maximum absolute atomic E-state index is 11.7. The Labute approximate surface area is 144 Å². The number of sulfonamides is 1. The number of aliphatic imine (C=N–C) groups is 1. The van der Waals surface area contributed by atoms with Gasteiger partial charge in [0.2, 0.25) is 10.0 Å². The zero-order chi connectivity index (χ0) is 17.6. The molecule has 0 spiro atoms. The van der Waals surface area contributed by atoms with Crippen LogP contribution < -0.4 is 4.72 Å². The monoisotopic (exact) mass is 350 g/mol. The van der Waals surface area contributed by atoms with Crippen molar-refractivity contribution < 1.29 is 8.42 Å². The highest BCUT2D eigenvalue weighted by Gasteiger charge is 2.10. The van der Waals surface area contributed by atoms with E-state index in [0.29, 0.717) is 6.54 Å². The van der Waals surface area contributed by atoms with Crippen molar-refractivity contribution in [2.45, 2.75) is 26.0 Å². The predicted molar refractivity (Wildman–Crippen MR) is 100.0 cm³/mol. The first kappa shape index (κ1) is 18.5. The van der Waals surface area contributed by atoms with Crippen LogP contribution in [0.25, 0.3) is 10.9 Å². The second-order valence-corrected chi connectivity index (χ2v) is 7.58. The second kappa shape index (κ2) is 8.30. The van der Waals surface area contributed by atoms with E-state index >= 15 is 0 Å². The van der Waals surface area contributed by atoms with E-state index in [1.165, 1.54) is 7.05 Å². The number of aromatic amines is 1. The molecule has 0 unspecified atom stereocenters. The van der Waals surface area contributed by atoms with Gasteiger partial charge in [0.1, 0.15) is 0 Å². The summed E-state index contributed by atoms with van der Waals surface area (Å²) in [5, 5.41) is 1.07. The zero-order valence-electron chi connectivity index (χ0n) is 14.5. The third-order valence-corrected chi connectivity index (χ3v) is 5.40. The first-order valence-corrected chi connectivity index (χ1v) is 9.88. The minimum Gasteiger partial charge on any atom is -0.364 e. The summed E-state index contributed by atoms with van der Waals surface area (Å²) in [6.45, 7) is 6.83. The summed E-state index contributed by atoms with van der Waals surface area (Å²) < 4.78 is 25.8. The molecule has 0 bridgehead atoms. The van der Waals surface area contributed by atoms with E-state index in [9.17, 15) is 8.42 Å². The molecule has 7 heteroatoms. The van der Waals surface area contributed by atoms with Crippen molar-refractivity contribution in [1.29, 1.82) is 0 Å². The van der Waals surface area contributed by atoms with Crippen molar-refractivity contribution in [3.05, 3.63) is 35.5 Å². The van der Waals surface area contributed by atoms with Crippen molar-refractivity contribution in [3.63, 3.8) is 0 Å². The minimum absolute atomic E-state index is 0.00975. The van der Waals surface area contributed by atoms with Crippen LogP contribution >= 0.6 is 0 Å². The minimum atomic E-state index is -3.26. The molecule has 1 aromatic heterocycles. The number of rotatable bonds is 9. The van der Waals surface area contributed by atoms with Crippen molar-refractivity contribution in [3.8, 4) is 0 Å². The number of hydrogen-bond acceptors (Lipinski definition) is 3. The molecule has 2 N–H and O–H groups in total. The van der Waals surface area contributed by atoms with Crippen LogP contribution in [-0.2, 0) is 22.2 Å². The van der Waals surface area contributed by atoms with E-state index in [0.717, 1.165) is 41.5 Å². The highest BCUT2D eigenvalue weighted by atomic mass is 32.2. The lowest BCUT2D eigenvalue weighted by atomic mass is 10.1. The van der Waals surface area contributed by atoms with E-state index in [4.69, 9.17) is 0 Å². The Bertz CT molecular complexity index is 792. The van der Waals surface area contributed by atoms with Gasteiger partial charge in [0.05, 0.1) is 12.1 Å². The van der Waals surface area contributed by atoms with Crippen LogP contribution in [0, 0.1) is 0 Å². The Morgan fingerprint density at radius 2 is 2.04 bits per heavy atom. The van der Waals surface area contributed by atoms with Gasteiger partial charge in [-0.15, -0.1) is 0 Å². The maximum Gasteiger partial charge on any atom is 0.215 e. The van der Waals surface area contributed by atoms with Crippen LogP contribution in [0.5, 0.6) is 0 Å². The van der Waals surface area contributed by atoms with Crippen LogP contribution in [0.3, 0.4) is 0 Å². The molecule has 2 aromatic rings. The Balaban J connectivity index is 2.11. The topological polar surface area (TPSA) is 77.6 Å². The fourth-order valence-electron chi connectivity index (χ4n) is 2.56. The van der Waals surface area contributed by atoms with Crippen LogP contribution in [0.2, 0.25) is 0 Å². The largest absolute Gasteiger partial charge is 0.364 e. The average Bonchev–Trinajstić information content (AvgIpc) is 2.97. The third kappa shape index (κ3) is 4.82. The molecule has 132 valence electrons. The van der Waals surface area contributed by atoms with Crippen molar-refractivity contribution >= 4 is 27.3 Å². The van der Waals surface area contributed by atoms with E-state index in [-0.39, 0.29) is 5.75 Å². The average molecular weight is 350 g/mol. The molecule has 0 saturated heterocycles. The molecule has 0 atom stereocenters. The van der Waals surface area contributed by atoms with E-state index in [1.54, 1.807) is 0 Å². The van der Waals surface area contributed by atoms with Gasteiger partial charge < -0.3 is 9.88 Å². The molecule has 2 rings (SSSR count). The molecule has 0 aliphatic rings. The molecule has 0 fully saturated rings. The number of H-pyrrole nitrogens is 1. The van der Waals surface area contributed by atoms with Crippen LogP contribution in [0.4, 0.5) is 0 Å². The van der Waals surface area contributed by atoms with Gasteiger partial charge in [-0.25, -0.2) is 13.1 Å². The number of nitrogens with zero attached hydrogens (tertiary/aromatic N) is 2. The molecule has 0 radical (unpaired) electrons. The standard InChI is InChI=1S/C17H26N4O2S/c1-4-21(5-2)13-19-9-8-15-11-20-17-7-6-14(10-16(15)17)12-24(22,23)18-3/h6-7,10-11,13,18,20H,4-5,8-9,12H2,1-3H3. The summed E-state index contributed by atoms with van der Waals surface area (Å²) in [4.78, 5) is 9.86. The number of fused-ring (bicyclic) bond motifs is 1. The molecular weight excluding hydrogens is 324 g/mol. The zero-order valence-corrected chi connectivity index (χ0v) is 15.4. The molecule has 24 heavy (non-hydrogen) atoms. The molecule has 1 aromatic carbocycles. The Morgan fingerprint density at radius 3 is 2.71 bits per heavy atom. The SMILES string of the molecule is CCN(C=NCCc1c[nH]c2ccc(CS(=O)(=O)NC)cc12)CC. The third-order valence-electron chi connectivity index (χ3n) is 4.07. The van der Waals surface area contributed by atoms with Crippen molar-refractivity contribution in [1.82, 2.24) is 14.6 Å². The summed E-state index contributed by atoms with van der Waals surface area (Å²) in [7, 11) is -1.83. The fraction of sp³-hybridized carbons (Fsp3) is 0.471. The molecule has 0 aliphatic carbocycles. The van der Waals surface area contributed by atoms with Gasteiger partial charge >= 0.3 is 0 Å². The maximum atomic E-state index is 11.7. The number of aromatic nitrogens is 1. The van der Waals surface area contributed by atoms with Crippen LogP contribution in [0.1, 0.15) is 25.0 Å². The fourth-order valence-corrected chi connectivity index (χ4v) is 3.32. The molecule has 0 amide bonds. The normalized spacial score (nSPS) is 12.3. The summed E-state index contributed by atoms with van der Waals surface area (Å²) in [6, 6.07) is 5.72. The quantitative estimate of drug-likeness (QED) is 0.537. The summed E-state index contributed by atoms with van der Waals surface area (Å²) >= 11 is 0. The van der Waals surface area contributed by atoms with E-state index in [2.05, 4.69) is 33.4 Å². The first-order valence-electron chi connectivity index (χ1n) is 8.23. The molecule has 1 heterocycles. The lowest BCUT2D eigenvalue weighted by Crippen LogP contribution is -2.20. The molecule has 0 aliphatic heterocycles. The Kier molecular flexibility index (Phi) is 6.39. The van der Waals surface area contributed by atoms with Crippen molar-refractivity contribution in [2.24, 2.45) is 4.99 Å². The van der Waals surface area contributed by atoms with Crippen LogP contribution in [-0.4, -0.2) is 51.3 Å².